The molecule has 5 heteroatoms. The fourth-order valence-corrected chi connectivity index (χ4v) is 3.75. The highest BCUT2D eigenvalue weighted by molar-refractivity contribution is 6.30. The summed E-state index contributed by atoms with van der Waals surface area (Å²) in [5.74, 6) is 2.61. The SMILES string of the molecule is Cc1ccc(C2=NN3[C@H](C2)c2ccccc2O[C@@H]3c2ccc(Cl)cc2)o1. The molecule has 26 heavy (non-hydrogen) atoms. The molecule has 0 bridgehead atoms. The molecule has 0 radical (unpaired) electrons. The Kier molecular flexibility index (Phi) is 3.54. The number of nitrogens with zero attached hydrogens (tertiary/aromatic N) is 2. The first kappa shape index (κ1) is 15.5. The van der Waals surface area contributed by atoms with Crippen molar-refractivity contribution in [1.82, 2.24) is 5.01 Å². The van der Waals surface area contributed by atoms with Gasteiger partial charge in [-0.05, 0) is 37.3 Å². The molecule has 2 atom stereocenters. The fraction of sp³-hybridized carbons (Fsp3) is 0.190. The van der Waals surface area contributed by atoms with Gasteiger partial charge in [-0.1, -0.05) is 41.9 Å². The van der Waals surface area contributed by atoms with Crippen LogP contribution in [0.15, 0.2) is 70.2 Å². The van der Waals surface area contributed by atoms with E-state index in [0.717, 1.165) is 40.5 Å². The third kappa shape index (κ3) is 2.49. The van der Waals surface area contributed by atoms with E-state index in [2.05, 4.69) is 6.07 Å². The molecule has 0 saturated carbocycles. The molecule has 130 valence electrons. The highest BCUT2D eigenvalue weighted by Gasteiger charge is 2.41. The fourth-order valence-electron chi connectivity index (χ4n) is 3.62. The lowest BCUT2D eigenvalue weighted by Gasteiger charge is -2.38. The normalized spacial score (nSPS) is 21.0. The Morgan fingerprint density at radius 1 is 1.04 bits per heavy atom. The van der Waals surface area contributed by atoms with Crippen LogP contribution in [-0.4, -0.2) is 10.7 Å². The monoisotopic (exact) mass is 364 g/mol. The minimum Gasteiger partial charge on any atom is -0.464 e. The molecule has 0 fully saturated rings. The van der Waals surface area contributed by atoms with E-state index in [1.165, 1.54) is 0 Å². The molecular weight excluding hydrogens is 348 g/mol. The van der Waals surface area contributed by atoms with Crippen LogP contribution in [0, 0.1) is 6.92 Å². The molecule has 0 aliphatic carbocycles. The van der Waals surface area contributed by atoms with Gasteiger partial charge >= 0.3 is 0 Å². The molecule has 5 rings (SSSR count). The molecule has 0 amide bonds. The largest absolute Gasteiger partial charge is 0.464 e. The Morgan fingerprint density at radius 2 is 1.85 bits per heavy atom. The number of para-hydroxylation sites is 1. The van der Waals surface area contributed by atoms with Gasteiger partial charge < -0.3 is 9.15 Å². The Hall–Kier alpha value is -2.72. The van der Waals surface area contributed by atoms with Crippen molar-refractivity contribution in [2.45, 2.75) is 25.6 Å². The summed E-state index contributed by atoms with van der Waals surface area (Å²) in [5.41, 5.74) is 3.12. The van der Waals surface area contributed by atoms with Crippen LogP contribution in [-0.2, 0) is 0 Å². The van der Waals surface area contributed by atoms with Crippen molar-refractivity contribution in [3.05, 3.63) is 88.3 Å². The van der Waals surface area contributed by atoms with Crippen LogP contribution in [0.3, 0.4) is 0 Å². The van der Waals surface area contributed by atoms with Gasteiger partial charge in [0.05, 0.1) is 6.04 Å². The Labute approximate surface area is 156 Å². The van der Waals surface area contributed by atoms with Crippen molar-refractivity contribution in [3.63, 3.8) is 0 Å². The van der Waals surface area contributed by atoms with Gasteiger partial charge in [-0.3, -0.25) is 0 Å². The van der Waals surface area contributed by atoms with Crippen molar-refractivity contribution < 1.29 is 9.15 Å². The number of fused-ring (bicyclic) bond motifs is 3. The Balaban J connectivity index is 1.59. The quantitative estimate of drug-likeness (QED) is 0.604. The Bertz CT molecular complexity index is 993. The molecule has 0 N–H and O–H groups in total. The van der Waals surface area contributed by atoms with Crippen LogP contribution < -0.4 is 4.74 Å². The van der Waals surface area contributed by atoms with E-state index in [1.54, 1.807) is 0 Å². The summed E-state index contributed by atoms with van der Waals surface area (Å²) in [5, 5.41) is 7.62. The van der Waals surface area contributed by atoms with Gasteiger partial charge in [0, 0.05) is 22.6 Å². The molecule has 4 nitrogen and oxygen atoms in total. The van der Waals surface area contributed by atoms with E-state index in [0.29, 0.717) is 5.02 Å². The van der Waals surface area contributed by atoms with Gasteiger partial charge in [0.25, 0.3) is 0 Å². The molecule has 2 aliphatic rings. The van der Waals surface area contributed by atoms with E-state index in [1.807, 2.05) is 66.5 Å². The zero-order valence-electron chi connectivity index (χ0n) is 14.2. The smallest absolute Gasteiger partial charge is 0.213 e. The highest BCUT2D eigenvalue weighted by Crippen LogP contribution is 2.47. The summed E-state index contributed by atoms with van der Waals surface area (Å²) in [6, 6.07) is 20.0. The van der Waals surface area contributed by atoms with Crippen LogP contribution in [0.4, 0.5) is 0 Å². The van der Waals surface area contributed by atoms with E-state index >= 15 is 0 Å². The summed E-state index contributed by atoms with van der Waals surface area (Å²) in [6.45, 7) is 1.95. The molecule has 3 aromatic rings. The molecule has 0 saturated heterocycles. The summed E-state index contributed by atoms with van der Waals surface area (Å²) in [4.78, 5) is 0. The van der Waals surface area contributed by atoms with Crippen LogP contribution in [0.25, 0.3) is 0 Å². The second kappa shape index (κ2) is 5.92. The van der Waals surface area contributed by atoms with E-state index < -0.39 is 0 Å². The van der Waals surface area contributed by atoms with Crippen molar-refractivity contribution in [1.29, 1.82) is 0 Å². The number of halogens is 1. The number of hydrogen-bond acceptors (Lipinski definition) is 4. The predicted molar refractivity (Wildman–Crippen MR) is 100 cm³/mol. The molecule has 2 aromatic carbocycles. The standard InChI is InChI=1S/C21H17ClN2O2/c1-13-6-11-20(25-13)17-12-18-16-4-2-3-5-19(16)26-21(24(18)23-17)14-7-9-15(22)10-8-14/h2-11,18,21H,12H2,1H3/t18-,21-/m1/s1. The first-order valence-corrected chi connectivity index (χ1v) is 9.00. The molecule has 2 aliphatic heterocycles. The molecule has 1 aromatic heterocycles. The van der Waals surface area contributed by atoms with Gasteiger partial charge in [-0.15, -0.1) is 0 Å². The highest BCUT2D eigenvalue weighted by atomic mass is 35.5. The van der Waals surface area contributed by atoms with Crippen molar-refractivity contribution in [3.8, 4) is 5.75 Å². The lowest BCUT2D eigenvalue weighted by atomic mass is 9.97. The van der Waals surface area contributed by atoms with Gasteiger partial charge in [-0.25, -0.2) is 5.01 Å². The third-order valence-corrected chi connectivity index (χ3v) is 5.13. The minimum atomic E-state index is -0.291. The van der Waals surface area contributed by atoms with Crippen LogP contribution in [0.5, 0.6) is 5.75 Å². The maximum absolute atomic E-state index is 6.31. The average molecular weight is 365 g/mol. The first-order chi connectivity index (χ1) is 12.7. The summed E-state index contributed by atoms with van der Waals surface area (Å²) >= 11 is 6.05. The van der Waals surface area contributed by atoms with Gasteiger partial charge in [0.15, 0.2) is 0 Å². The summed E-state index contributed by atoms with van der Waals surface area (Å²) in [7, 11) is 0. The van der Waals surface area contributed by atoms with E-state index in [-0.39, 0.29) is 12.3 Å². The van der Waals surface area contributed by atoms with E-state index in [4.69, 9.17) is 25.9 Å². The van der Waals surface area contributed by atoms with Gasteiger partial charge in [0.2, 0.25) is 6.23 Å². The number of ether oxygens (including phenoxy) is 1. The maximum Gasteiger partial charge on any atom is 0.213 e. The number of hydrogen-bond donors (Lipinski definition) is 0. The zero-order valence-corrected chi connectivity index (χ0v) is 15.0. The average Bonchev–Trinajstić information content (AvgIpc) is 3.28. The van der Waals surface area contributed by atoms with Crippen molar-refractivity contribution in [2.75, 3.05) is 0 Å². The topological polar surface area (TPSA) is 38.0 Å². The maximum atomic E-state index is 6.31. The zero-order chi connectivity index (χ0) is 17.7. The molecular formula is C21H17ClN2O2. The predicted octanol–water partition coefficient (Wildman–Crippen LogP) is 5.48. The van der Waals surface area contributed by atoms with Crippen LogP contribution in [0.1, 0.15) is 41.3 Å². The lowest BCUT2D eigenvalue weighted by molar-refractivity contribution is -0.0190. The number of rotatable bonds is 2. The van der Waals surface area contributed by atoms with Gasteiger partial charge in [0.1, 0.15) is 23.0 Å². The molecule has 0 unspecified atom stereocenters. The Morgan fingerprint density at radius 3 is 2.62 bits per heavy atom. The number of aryl methyl sites for hydroxylation is 1. The summed E-state index contributed by atoms with van der Waals surface area (Å²) < 4.78 is 12.1. The van der Waals surface area contributed by atoms with Crippen molar-refractivity contribution >= 4 is 17.3 Å². The van der Waals surface area contributed by atoms with E-state index in [9.17, 15) is 0 Å². The van der Waals surface area contributed by atoms with Gasteiger partial charge in [-0.2, -0.15) is 5.10 Å². The second-order valence-electron chi connectivity index (χ2n) is 6.62. The second-order valence-corrected chi connectivity index (χ2v) is 7.05. The number of furan rings is 1. The van der Waals surface area contributed by atoms with Crippen LogP contribution in [0.2, 0.25) is 5.02 Å². The molecule has 3 heterocycles. The minimum absolute atomic E-state index is 0.126. The van der Waals surface area contributed by atoms with Crippen molar-refractivity contribution in [2.24, 2.45) is 5.10 Å². The lowest BCUT2D eigenvalue weighted by Crippen LogP contribution is -2.33. The first-order valence-electron chi connectivity index (χ1n) is 8.63. The third-order valence-electron chi connectivity index (χ3n) is 4.88. The summed E-state index contributed by atoms with van der Waals surface area (Å²) in [6.07, 6.45) is 0.498. The van der Waals surface area contributed by atoms with Crippen LogP contribution >= 0.6 is 11.6 Å². The number of hydrazone groups is 1. The number of benzene rings is 2. The molecule has 0 spiro atoms.